The lowest BCUT2D eigenvalue weighted by atomic mass is 10.2. The largest absolute Gasteiger partial charge is 0.377 e. The highest BCUT2D eigenvalue weighted by Gasteiger charge is 2.01. The van der Waals surface area contributed by atoms with Gasteiger partial charge in [-0.2, -0.15) is 0 Å². The predicted octanol–water partition coefficient (Wildman–Crippen LogP) is 1.14. The van der Waals surface area contributed by atoms with Crippen molar-refractivity contribution < 1.29 is 4.84 Å². The topological polar surface area (TPSA) is 38.5 Å². The first-order valence-corrected chi connectivity index (χ1v) is 3.82. The summed E-state index contributed by atoms with van der Waals surface area (Å²) in [7, 11) is 3.99. The number of anilines is 1. The fourth-order valence-corrected chi connectivity index (χ4v) is 1.16. The second kappa shape index (κ2) is 4.09. The first-order chi connectivity index (χ1) is 5.75. The Morgan fingerprint density at radius 1 is 1.33 bits per heavy atom. The van der Waals surface area contributed by atoms with Crippen molar-refractivity contribution in [1.82, 2.24) is 0 Å². The molecule has 0 amide bonds. The average molecular weight is 166 g/mol. The Labute approximate surface area is 72.7 Å². The maximum absolute atomic E-state index is 5.01. The summed E-state index contributed by atoms with van der Waals surface area (Å²) in [5.41, 5.74) is 2.24. The second-order valence-electron chi connectivity index (χ2n) is 2.83. The van der Waals surface area contributed by atoms with E-state index in [1.165, 1.54) is 0 Å². The zero-order chi connectivity index (χ0) is 8.97. The third kappa shape index (κ3) is 1.96. The quantitative estimate of drug-likeness (QED) is 0.684. The molecule has 2 N–H and O–H groups in total. The van der Waals surface area contributed by atoms with Gasteiger partial charge in [0.2, 0.25) is 0 Å². The summed E-state index contributed by atoms with van der Waals surface area (Å²) in [4.78, 5) is 6.63. The van der Waals surface area contributed by atoms with E-state index in [4.69, 9.17) is 5.90 Å². The molecule has 0 fully saturated rings. The highest BCUT2D eigenvalue weighted by Crippen LogP contribution is 2.17. The minimum atomic E-state index is 0.453. The molecular formula is C9H14N2O. The van der Waals surface area contributed by atoms with Gasteiger partial charge in [0, 0.05) is 25.3 Å². The van der Waals surface area contributed by atoms with E-state index in [0.717, 1.165) is 11.3 Å². The highest BCUT2D eigenvalue weighted by molar-refractivity contribution is 5.51. The van der Waals surface area contributed by atoms with E-state index >= 15 is 0 Å². The summed E-state index contributed by atoms with van der Waals surface area (Å²) in [5.74, 6) is 5.01. The van der Waals surface area contributed by atoms with E-state index in [9.17, 15) is 0 Å². The number of para-hydroxylation sites is 1. The Morgan fingerprint density at radius 2 is 2.00 bits per heavy atom. The van der Waals surface area contributed by atoms with Gasteiger partial charge < -0.3 is 4.90 Å². The second-order valence-corrected chi connectivity index (χ2v) is 2.83. The number of benzene rings is 1. The molecule has 0 unspecified atom stereocenters. The molecule has 1 rings (SSSR count). The fraction of sp³-hybridized carbons (Fsp3) is 0.333. The van der Waals surface area contributed by atoms with Crippen LogP contribution in [0.1, 0.15) is 5.56 Å². The van der Waals surface area contributed by atoms with Crippen molar-refractivity contribution in [3.63, 3.8) is 0 Å². The van der Waals surface area contributed by atoms with Gasteiger partial charge in [-0.25, -0.2) is 5.90 Å². The van der Waals surface area contributed by atoms with Crippen molar-refractivity contribution in [2.45, 2.75) is 6.61 Å². The van der Waals surface area contributed by atoms with Crippen molar-refractivity contribution in [3.8, 4) is 0 Å². The van der Waals surface area contributed by atoms with Crippen LogP contribution in [0.15, 0.2) is 24.3 Å². The minimum Gasteiger partial charge on any atom is -0.377 e. The Morgan fingerprint density at radius 3 is 2.58 bits per heavy atom. The first-order valence-electron chi connectivity index (χ1n) is 3.82. The molecule has 0 saturated carbocycles. The van der Waals surface area contributed by atoms with Crippen molar-refractivity contribution in [2.75, 3.05) is 19.0 Å². The molecule has 0 bridgehead atoms. The van der Waals surface area contributed by atoms with Crippen molar-refractivity contribution in [3.05, 3.63) is 29.8 Å². The Kier molecular flexibility index (Phi) is 3.08. The molecule has 0 heterocycles. The van der Waals surface area contributed by atoms with E-state index in [-0.39, 0.29) is 0 Å². The lowest BCUT2D eigenvalue weighted by molar-refractivity contribution is 0.124. The van der Waals surface area contributed by atoms with E-state index in [2.05, 4.69) is 4.84 Å². The lowest BCUT2D eigenvalue weighted by Gasteiger charge is -2.16. The first kappa shape index (κ1) is 9.03. The molecule has 0 saturated heterocycles. The SMILES string of the molecule is CN(C)c1ccccc1CON. The summed E-state index contributed by atoms with van der Waals surface area (Å²) in [6.45, 7) is 0.453. The van der Waals surface area contributed by atoms with Gasteiger partial charge in [0.25, 0.3) is 0 Å². The molecule has 0 spiro atoms. The Bertz CT molecular complexity index is 248. The average Bonchev–Trinajstić information content (AvgIpc) is 2.05. The number of hydrogen-bond acceptors (Lipinski definition) is 3. The van der Waals surface area contributed by atoms with Crippen LogP contribution in [-0.2, 0) is 11.4 Å². The van der Waals surface area contributed by atoms with Gasteiger partial charge in [0.15, 0.2) is 0 Å². The predicted molar refractivity (Wildman–Crippen MR) is 49.7 cm³/mol. The molecule has 0 atom stereocenters. The fourth-order valence-electron chi connectivity index (χ4n) is 1.16. The molecule has 1 aromatic rings. The summed E-state index contributed by atoms with van der Waals surface area (Å²) in [5, 5.41) is 0. The molecule has 1 aromatic carbocycles. The number of nitrogens with zero attached hydrogens (tertiary/aromatic N) is 1. The van der Waals surface area contributed by atoms with E-state index < -0.39 is 0 Å². The minimum absolute atomic E-state index is 0.453. The molecule has 0 aliphatic rings. The molecule has 0 aliphatic heterocycles. The van der Waals surface area contributed by atoms with E-state index in [1.54, 1.807) is 0 Å². The molecule has 0 radical (unpaired) electrons. The molecule has 0 aromatic heterocycles. The molecule has 66 valence electrons. The van der Waals surface area contributed by atoms with Crippen LogP contribution in [-0.4, -0.2) is 14.1 Å². The van der Waals surface area contributed by atoms with Crippen molar-refractivity contribution >= 4 is 5.69 Å². The summed E-state index contributed by atoms with van der Waals surface area (Å²) in [6.07, 6.45) is 0. The van der Waals surface area contributed by atoms with Gasteiger partial charge in [0.1, 0.15) is 0 Å². The monoisotopic (exact) mass is 166 g/mol. The zero-order valence-electron chi connectivity index (χ0n) is 7.45. The van der Waals surface area contributed by atoms with Crippen LogP contribution in [0.25, 0.3) is 0 Å². The zero-order valence-corrected chi connectivity index (χ0v) is 7.45. The summed E-state index contributed by atoms with van der Waals surface area (Å²) in [6, 6.07) is 8.01. The van der Waals surface area contributed by atoms with Gasteiger partial charge >= 0.3 is 0 Å². The third-order valence-electron chi connectivity index (χ3n) is 1.71. The maximum Gasteiger partial charge on any atom is 0.0950 e. The van der Waals surface area contributed by atoms with E-state index in [1.807, 2.05) is 43.3 Å². The van der Waals surface area contributed by atoms with Crippen LogP contribution in [0, 0.1) is 0 Å². The number of rotatable bonds is 3. The van der Waals surface area contributed by atoms with Gasteiger partial charge in [-0.15, -0.1) is 0 Å². The molecule has 12 heavy (non-hydrogen) atoms. The maximum atomic E-state index is 5.01. The van der Waals surface area contributed by atoms with Gasteiger partial charge in [-0.05, 0) is 6.07 Å². The molecule has 3 nitrogen and oxygen atoms in total. The summed E-state index contributed by atoms with van der Waals surface area (Å²) >= 11 is 0. The number of nitrogens with two attached hydrogens (primary N) is 1. The normalized spacial score (nSPS) is 9.92. The molecular weight excluding hydrogens is 152 g/mol. The third-order valence-corrected chi connectivity index (χ3v) is 1.71. The standard InChI is InChI=1S/C9H14N2O/c1-11(2)9-6-4-3-5-8(9)7-12-10/h3-6H,7,10H2,1-2H3. The van der Waals surface area contributed by atoms with Crippen LogP contribution in [0.5, 0.6) is 0 Å². The van der Waals surface area contributed by atoms with Crippen molar-refractivity contribution in [1.29, 1.82) is 0 Å². The van der Waals surface area contributed by atoms with Gasteiger partial charge in [-0.1, -0.05) is 18.2 Å². The Hall–Kier alpha value is -1.06. The van der Waals surface area contributed by atoms with Gasteiger partial charge in [0.05, 0.1) is 6.61 Å². The smallest absolute Gasteiger partial charge is 0.0950 e. The van der Waals surface area contributed by atoms with Gasteiger partial charge in [-0.3, -0.25) is 4.84 Å². The van der Waals surface area contributed by atoms with Crippen molar-refractivity contribution in [2.24, 2.45) is 5.90 Å². The molecule has 0 aliphatic carbocycles. The lowest BCUT2D eigenvalue weighted by Crippen LogP contribution is -2.12. The Balaban J connectivity index is 2.92. The van der Waals surface area contributed by atoms with Crippen LogP contribution in [0.3, 0.4) is 0 Å². The summed E-state index contributed by atoms with van der Waals surface area (Å²) < 4.78 is 0. The highest BCUT2D eigenvalue weighted by atomic mass is 16.6. The molecule has 3 heteroatoms. The van der Waals surface area contributed by atoms with Crippen LogP contribution >= 0.6 is 0 Å². The van der Waals surface area contributed by atoms with Crippen LogP contribution in [0.4, 0.5) is 5.69 Å². The van der Waals surface area contributed by atoms with Crippen LogP contribution in [0.2, 0.25) is 0 Å². The van der Waals surface area contributed by atoms with Crippen LogP contribution < -0.4 is 10.8 Å². The number of hydrogen-bond donors (Lipinski definition) is 1. The van der Waals surface area contributed by atoms with E-state index in [0.29, 0.717) is 6.61 Å².